The van der Waals surface area contributed by atoms with E-state index < -0.39 is 52.4 Å². The lowest BCUT2D eigenvalue weighted by molar-refractivity contribution is -0.137. The van der Waals surface area contributed by atoms with Gasteiger partial charge in [-0.1, -0.05) is 59.6 Å². The van der Waals surface area contributed by atoms with Crippen molar-refractivity contribution in [3.8, 4) is 11.5 Å². The van der Waals surface area contributed by atoms with Gasteiger partial charge in [-0.3, -0.25) is 19.2 Å². The summed E-state index contributed by atoms with van der Waals surface area (Å²) in [5.74, 6) is -4.92. The molecular weight excluding hydrogens is 930 g/mol. The number of benzene rings is 6. The summed E-state index contributed by atoms with van der Waals surface area (Å²) < 4.78 is 81.4. The van der Waals surface area contributed by atoms with E-state index in [4.69, 9.17) is 32.7 Å². The standard InChI is InChI=1S/C26H20ClF3N2O3.C25H19ClF2N2O3/c1-15-23(24(33)25(34)31-19-5-3-4-17(12-19)26(28,29)30)21-13-20(35-2)10-11-22(21)32(15)14-16-6-8-18(27)9-7-16;1-14-22(24(31)25(32)29-23-19(27)4-3-5-20(23)28)18-12-17(33-2)10-11-21(18)30(14)13-15-6-8-16(26)9-7-15/h3-13H,14H2,1-2H3,(H,31,34);3-12H,13H2,1-2H3,(H,29,32). The van der Waals surface area contributed by atoms with E-state index in [9.17, 15) is 41.1 Å². The monoisotopic (exact) mass is 968 g/mol. The van der Waals surface area contributed by atoms with Crippen LogP contribution in [0, 0.1) is 25.5 Å². The number of nitrogens with zero attached hydrogens (tertiary/aromatic N) is 2. The molecule has 8 aromatic rings. The molecule has 17 heteroatoms. The average molecular weight is 970 g/mol. The van der Waals surface area contributed by atoms with E-state index in [2.05, 4.69) is 10.6 Å². The minimum atomic E-state index is -4.58. The molecule has 0 spiro atoms. The second-order valence-electron chi connectivity index (χ2n) is 15.4. The maximum absolute atomic E-state index is 14.0. The molecule has 0 aliphatic rings. The Labute approximate surface area is 395 Å². The van der Waals surface area contributed by atoms with Crippen LogP contribution in [0.3, 0.4) is 0 Å². The molecule has 2 N–H and O–H groups in total. The highest BCUT2D eigenvalue weighted by Crippen LogP contribution is 2.34. The Morgan fingerprint density at radius 3 is 1.43 bits per heavy atom. The van der Waals surface area contributed by atoms with Crippen LogP contribution in [-0.2, 0) is 28.9 Å². The maximum Gasteiger partial charge on any atom is 0.416 e. The highest BCUT2D eigenvalue weighted by atomic mass is 35.5. The summed E-state index contributed by atoms with van der Waals surface area (Å²) in [6.07, 6.45) is -4.58. The summed E-state index contributed by atoms with van der Waals surface area (Å²) >= 11 is 12.0. The van der Waals surface area contributed by atoms with Gasteiger partial charge in [0.25, 0.3) is 23.4 Å². The van der Waals surface area contributed by atoms with E-state index in [0.29, 0.717) is 67.8 Å². The van der Waals surface area contributed by atoms with E-state index in [0.717, 1.165) is 41.5 Å². The molecule has 68 heavy (non-hydrogen) atoms. The molecule has 0 atom stereocenters. The van der Waals surface area contributed by atoms with Gasteiger partial charge in [-0.25, -0.2) is 8.78 Å². The molecule has 2 amide bonds. The smallest absolute Gasteiger partial charge is 0.416 e. The summed E-state index contributed by atoms with van der Waals surface area (Å²) in [7, 11) is 2.98. The Bertz CT molecular complexity index is 3220. The van der Waals surface area contributed by atoms with Crippen LogP contribution >= 0.6 is 23.2 Å². The molecule has 0 aliphatic heterocycles. The molecule has 0 fully saturated rings. The molecule has 2 heterocycles. The third kappa shape index (κ3) is 10.4. The molecule has 0 unspecified atom stereocenters. The number of halogens is 7. The lowest BCUT2D eigenvalue weighted by Crippen LogP contribution is -2.24. The van der Waals surface area contributed by atoms with Crippen LogP contribution < -0.4 is 20.1 Å². The number of carbonyl (C=O) groups excluding carboxylic acids is 4. The first-order chi connectivity index (χ1) is 32.4. The lowest BCUT2D eigenvalue weighted by atomic mass is 10.1. The average Bonchev–Trinajstić information content (AvgIpc) is 3.75. The van der Waals surface area contributed by atoms with Gasteiger partial charge in [-0.2, -0.15) is 13.2 Å². The van der Waals surface area contributed by atoms with Crippen molar-refractivity contribution in [1.82, 2.24) is 9.13 Å². The van der Waals surface area contributed by atoms with E-state index in [1.807, 2.05) is 33.4 Å². The normalized spacial score (nSPS) is 11.2. The third-order valence-electron chi connectivity index (χ3n) is 11.1. The van der Waals surface area contributed by atoms with Crippen molar-refractivity contribution in [2.24, 2.45) is 0 Å². The Morgan fingerprint density at radius 1 is 0.574 bits per heavy atom. The number of ketones is 2. The van der Waals surface area contributed by atoms with Crippen LogP contribution in [0.15, 0.2) is 127 Å². The molecule has 0 bridgehead atoms. The van der Waals surface area contributed by atoms with Gasteiger partial charge in [0.15, 0.2) is 0 Å². The number of para-hydroxylation sites is 1. The molecular formula is C51H39Cl2F5N4O6. The maximum atomic E-state index is 14.0. The number of amides is 2. The number of methoxy groups -OCH3 is 2. The van der Waals surface area contributed by atoms with Crippen molar-refractivity contribution in [2.75, 3.05) is 24.9 Å². The van der Waals surface area contributed by atoms with Gasteiger partial charge < -0.3 is 29.2 Å². The molecule has 10 nitrogen and oxygen atoms in total. The van der Waals surface area contributed by atoms with Gasteiger partial charge in [0.05, 0.1) is 30.9 Å². The Morgan fingerprint density at radius 2 is 1.00 bits per heavy atom. The number of ether oxygens (including phenoxy) is 2. The van der Waals surface area contributed by atoms with Gasteiger partial charge in [0.2, 0.25) is 0 Å². The second-order valence-corrected chi connectivity index (χ2v) is 16.2. The number of rotatable bonds is 12. The third-order valence-corrected chi connectivity index (χ3v) is 11.6. The van der Waals surface area contributed by atoms with Crippen molar-refractivity contribution in [3.05, 3.63) is 188 Å². The zero-order valence-electron chi connectivity index (χ0n) is 36.5. The minimum absolute atomic E-state index is 0.127. The van der Waals surface area contributed by atoms with Gasteiger partial charge >= 0.3 is 6.18 Å². The summed E-state index contributed by atoms with van der Waals surface area (Å²) in [4.78, 5) is 52.0. The Balaban J connectivity index is 0.000000202. The quantitative estimate of drug-likeness (QED) is 0.0715. The van der Waals surface area contributed by atoms with Crippen LogP contribution in [0.1, 0.15) is 48.8 Å². The first-order valence-corrected chi connectivity index (χ1v) is 21.3. The fraction of sp³-hybridized carbons (Fsp3) is 0.137. The SMILES string of the molecule is COc1ccc2c(c1)c(C(=O)C(=O)Nc1c(F)cccc1F)c(C)n2Cc1ccc(Cl)cc1.COc1ccc2c(c1)c(C(=O)C(=O)Nc1cccc(C(F)(F)F)c1)c(C)n2Cc1ccc(Cl)cc1. The van der Waals surface area contributed by atoms with E-state index in [1.54, 1.807) is 74.5 Å². The highest BCUT2D eigenvalue weighted by molar-refractivity contribution is 6.49. The predicted octanol–water partition coefficient (Wildman–Crippen LogP) is 12.3. The molecule has 8 rings (SSSR count). The van der Waals surface area contributed by atoms with Gasteiger partial charge in [-0.05, 0) is 116 Å². The van der Waals surface area contributed by atoms with Gasteiger partial charge in [0, 0.05) is 62.0 Å². The summed E-state index contributed by atoms with van der Waals surface area (Å²) in [6.45, 7) is 4.26. The van der Waals surface area contributed by atoms with Crippen molar-refractivity contribution in [1.29, 1.82) is 0 Å². The molecule has 2 aromatic heterocycles. The number of aromatic nitrogens is 2. The first-order valence-electron chi connectivity index (χ1n) is 20.5. The number of Topliss-reactive ketones (excluding diaryl/α,β-unsaturated/α-hetero) is 2. The zero-order chi connectivity index (χ0) is 49.0. The second kappa shape index (κ2) is 20.2. The number of alkyl halides is 3. The lowest BCUT2D eigenvalue weighted by Gasteiger charge is -2.10. The molecule has 0 saturated carbocycles. The molecule has 348 valence electrons. The summed E-state index contributed by atoms with van der Waals surface area (Å²) in [6, 6.07) is 32.2. The predicted molar refractivity (Wildman–Crippen MR) is 251 cm³/mol. The Hall–Kier alpha value is -7.49. The van der Waals surface area contributed by atoms with Crippen molar-refractivity contribution >= 4 is 79.8 Å². The number of nitrogens with one attached hydrogen (secondary N) is 2. The largest absolute Gasteiger partial charge is 0.497 e. The number of fused-ring (bicyclic) bond motifs is 2. The van der Waals surface area contributed by atoms with Crippen molar-refractivity contribution in [2.45, 2.75) is 33.1 Å². The fourth-order valence-corrected chi connectivity index (χ4v) is 7.93. The van der Waals surface area contributed by atoms with Crippen LogP contribution in [0.2, 0.25) is 10.0 Å². The minimum Gasteiger partial charge on any atom is -0.497 e. The summed E-state index contributed by atoms with van der Waals surface area (Å²) in [5, 5.41) is 6.55. The zero-order valence-corrected chi connectivity index (χ0v) is 38.0. The number of hydrogen-bond acceptors (Lipinski definition) is 6. The molecule has 0 aliphatic carbocycles. The topological polar surface area (TPSA) is 121 Å². The van der Waals surface area contributed by atoms with Crippen molar-refractivity contribution in [3.63, 3.8) is 0 Å². The molecule has 0 radical (unpaired) electrons. The molecule has 6 aromatic carbocycles. The van der Waals surface area contributed by atoms with Crippen molar-refractivity contribution < 1.29 is 50.6 Å². The highest BCUT2D eigenvalue weighted by Gasteiger charge is 2.32. The van der Waals surface area contributed by atoms with E-state index in [-0.39, 0.29) is 16.8 Å². The van der Waals surface area contributed by atoms with E-state index in [1.165, 1.54) is 26.4 Å². The van der Waals surface area contributed by atoms with Crippen LogP contribution in [0.5, 0.6) is 11.5 Å². The van der Waals surface area contributed by atoms with Crippen LogP contribution in [0.4, 0.5) is 33.3 Å². The summed E-state index contributed by atoms with van der Waals surface area (Å²) in [5.41, 5.74) is 2.89. The number of carbonyl (C=O) groups is 4. The van der Waals surface area contributed by atoms with Gasteiger partial charge in [0.1, 0.15) is 28.8 Å². The van der Waals surface area contributed by atoms with Gasteiger partial charge in [-0.15, -0.1) is 0 Å². The Kier molecular flexibility index (Phi) is 14.4. The first kappa shape index (κ1) is 48.4. The number of anilines is 2. The van der Waals surface area contributed by atoms with E-state index >= 15 is 0 Å². The van der Waals surface area contributed by atoms with Crippen LogP contribution in [-0.4, -0.2) is 46.7 Å². The van der Waals surface area contributed by atoms with Crippen LogP contribution in [0.25, 0.3) is 21.8 Å². The number of hydrogen-bond donors (Lipinski definition) is 2. The molecule has 0 saturated heterocycles. The fourth-order valence-electron chi connectivity index (χ4n) is 7.68.